The number of hydrogen-bond donors (Lipinski definition) is 2. The van der Waals surface area contributed by atoms with Crippen molar-refractivity contribution in [3.63, 3.8) is 0 Å². The molecule has 3 rings (SSSR count). The Bertz CT molecular complexity index is 984. The highest BCUT2D eigenvalue weighted by molar-refractivity contribution is 6.05. The van der Waals surface area contributed by atoms with Gasteiger partial charge in [0.1, 0.15) is 23.1 Å². The first kappa shape index (κ1) is 18.2. The van der Waals surface area contributed by atoms with E-state index in [-0.39, 0.29) is 22.9 Å². The number of amides is 1. The number of Topliss-reactive ketones (excluding diaryl/α,β-unsaturated/α-hetero) is 1. The summed E-state index contributed by atoms with van der Waals surface area (Å²) in [5, 5.41) is 5.23. The van der Waals surface area contributed by atoms with E-state index >= 15 is 0 Å². The zero-order chi connectivity index (χ0) is 19.4. The lowest BCUT2D eigenvalue weighted by Gasteiger charge is -2.10. The van der Waals surface area contributed by atoms with Gasteiger partial charge < -0.3 is 10.6 Å². The molecule has 2 N–H and O–H groups in total. The number of halogens is 2. The number of anilines is 3. The minimum Gasteiger partial charge on any atom is -0.335 e. The quantitative estimate of drug-likeness (QED) is 0.649. The predicted octanol–water partition coefficient (Wildman–Crippen LogP) is 4.56. The van der Waals surface area contributed by atoms with Crippen molar-refractivity contribution in [1.29, 1.82) is 0 Å². The maximum absolute atomic E-state index is 13.7. The van der Waals surface area contributed by atoms with Gasteiger partial charge in [-0.05, 0) is 55.5 Å². The first-order chi connectivity index (χ1) is 12.9. The van der Waals surface area contributed by atoms with Gasteiger partial charge in [0.2, 0.25) is 0 Å². The Morgan fingerprint density at radius 3 is 2.22 bits per heavy atom. The van der Waals surface area contributed by atoms with Gasteiger partial charge in [0.05, 0.1) is 0 Å². The molecule has 0 fully saturated rings. The number of hydrogen-bond acceptors (Lipinski definition) is 4. The fourth-order valence-electron chi connectivity index (χ4n) is 2.38. The van der Waals surface area contributed by atoms with Crippen molar-refractivity contribution in [3.8, 4) is 0 Å². The van der Waals surface area contributed by atoms with Crippen LogP contribution in [0.5, 0.6) is 0 Å². The van der Waals surface area contributed by atoms with Crippen LogP contribution in [0.1, 0.15) is 27.6 Å². The molecule has 0 aliphatic heterocycles. The first-order valence-corrected chi connectivity index (χ1v) is 8.03. The SMILES string of the molecule is CC(=O)c1ccc(NC(=O)c2ccnc(Nc3c(F)cccc3F)c2)cc1. The lowest BCUT2D eigenvalue weighted by Crippen LogP contribution is -2.12. The van der Waals surface area contributed by atoms with Crippen molar-refractivity contribution < 1.29 is 18.4 Å². The van der Waals surface area contributed by atoms with Gasteiger partial charge >= 0.3 is 0 Å². The zero-order valence-corrected chi connectivity index (χ0v) is 14.3. The van der Waals surface area contributed by atoms with E-state index in [4.69, 9.17) is 0 Å². The van der Waals surface area contributed by atoms with E-state index in [0.29, 0.717) is 11.3 Å². The van der Waals surface area contributed by atoms with Crippen LogP contribution in [0.4, 0.5) is 26.0 Å². The molecule has 1 aromatic heterocycles. The van der Waals surface area contributed by atoms with Crippen LogP contribution in [-0.4, -0.2) is 16.7 Å². The highest BCUT2D eigenvalue weighted by atomic mass is 19.1. The van der Waals surface area contributed by atoms with E-state index < -0.39 is 17.5 Å². The van der Waals surface area contributed by atoms with Crippen molar-refractivity contribution in [2.75, 3.05) is 10.6 Å². The van der Waals surface area contributed by atoms with Crippen LogP contribution < -0.4 is 10.6 Å². The molecule has 1 heterocycles. The standard InChI is InChI=1S/C20H15F2N3O2/c1-12(26)13-5-7-15(8-6-13)24-20(27)14-9-10-23-18(11-14)25-19-16(21)3-2-4-17(19)22/h2-11H,1H3,(H,23,25)(H,24,27). The molecule has 3 aromatic rings. The topological polar surface area (TPSA) is 71.1 Å². The molecule has 0 aliphatic rings. The van der Waals surface area contributed by atoms with Crippen molar-refractivity contribution in [3.05, 3.63) is 83.6 Å². The molecular formula is C20H15F2N3O2. The van der Waals surface area contributed by atoms with Crippen molar-refractivity contribution >= 4 is 28.9 Å². The van der Waals surface area contributed by atoms with Crippen LogP contribution in [0.25, 0.3) is 0 Å². The molecule has 0 atom stereocenters. The highest BCUT2D eigenvalue weighted by Gasteiger charge is 2.12. The van der Waals surface area contributed by atoms with Crippen LogP contribution in [0.3, 0.4) is 0 Å². The molecule has 5 nitrogen and oxygen atoms in total. The van der Waals surface area contributed by atoms with Crippen LogP contribution in [0.2, 0.25) is 0 Å². The Hall–Kier alpha value is -3.61. The number of nitrogens with zero attached hydrogens (tertiary/aromatic N) is 1. The Morgan fingerprint density at radius 1 is 0.926 bits per heavy atom. The number of rotatable bonds is 5. The van der Waals surface area contributed by atoms with Gasteiger partial charge in [-0.3, -0.25) is 9.59 Å². The average Bonchev–Trinajstić information content (AvgIpc) is 2.65. The fourth-order valence-corrected chi connectivity index (χ4v) is 2.38. The molecular weight excluding hydrogens is 352 g/mol. The van der Waals surface area contributed by atoms with E-state index in [1.165, 1.54) is 31.3 Å². The average molecular weight is 367 g/mol. The minimum atomic E-state index is -0.766. The monoisotopic (exact) mass is 367 g/mol. The predicted molar refractivity (Wildman–Crippen MR) is 98.3 cm³/mol. The molecule has 1 amide bonds. The minimum absolute atomic E-state index is 0.0712. The van der Waals surface area contributed by atoms with Gasteiger partial charge in [0.25, 0.3) is 5.91 Å². The number of aromatic nitrogens is 1. The Morgan fingerprint density at radius 2 is 1.59 bits per heavy atom. The second kappa shape index (κ2) is 7.74. The van der Waals surface area contributed by atoms with E-state index in [1.54, 1.807) is 24.3 Å². The van der Waals surface area contributed by atoms with Gasteiger partial charge in [0, 0.05) is 23.0 Å². The first-order valence-electron chi connectivity index (χ1n) is 8.03. The lowest BCUT2D eigenvalue weighted by molar-refractivity contribution is 0.101. The third-order valence-corrected chi connectivity index (χ3v) is 3.79. The summed E-state index contributed by atoms with van der Waals surface area (Å²) in [6.07, 6.45) is 1.36. The number of pyridine rings is 1. The van der Waals surface area contributed by atoms with Gasteiger partial charge in [-0.2, -0.15) is 0 Å². The van der Waals surface area contributed by atoms with Crippen molar-refractivity contribution in [2.24, 2.45) is 0 Å². The number of carbonyl (C=O) groups is 2. The molecule has 0 bridgehead atoms. The van der Waals surface area contributed by atoms with Crippen LogP contribution >= 0.6 is 0 Å². The summed E-state index contributed by atoms with van der Waals surface area (Å²) in [6, 6.07) is 12.8. The van der Waals surface area contributed by atoms with E-state index in [9.17, 15) is 18.4 Å². The highest BCUT2D eigenvalue weighted by Crippen LogP contribution is 2.22. The summed E-state index contributed by atoms with van der Waals surface area (Å²) in [7, 11) is 0. The molecule has 136 valence electrons. The van der Waals surface area contributed by atoms with E-state index in [1.807, 2.05) is 0 Å². The summed E-state index contributed by atoms with van der Waals surface area (Å²) < 4.78 is 27.5. The fraction of sp³-hybridized carbons (Fsp3) is 0.0500. The van der Waals surface area contributed by atoms with Crippen molar-refractivity contribution in [2.45, 2.75) is 6.92 Å². The van der Waals surface area contributed by atoms with Crippen LogP contribution in [0.15, 0.2) is 60.8 Å². The lowest BCUT2D eigenvalue weighted by atomic mass is 10.1. The normalized spacial score (nSPS) is 10.3. The van der Waals surface area contributed by atoms with E-state index in [2.05, 4.69) is 15.6 Å². The molecule has 0 saturated heterocycles. The third-order valence-electron chi connectivity index (χ3n) is 3.79. The number of nitrogens with one attached hydrogen (secondary N) is 2. The zero-order valence-electron chi connectivity index (χ0n) is 14.3. The molecule has 0 saturated carbocycles. The smallest absolute Gasteiger partial charge is 0.255 e. The summed E-state index contributed by atoms with van der Waals surface area (Å²) in [5.41, 5.74) is 0.953. The Balaban J connectivity index is 1.76. The molecule has 0 aliphatic carbocycles. The summed E-state index contributed by atoms with van der Waals surface area (Å²) in [5.74, 6) is -1.91. The summed E-state index contributed by atoms with van der Waals surface area (Å²) in [4.78, 5) is 27.6. The van der Waals surface area contributed by atoms with Gasteiger partial charge in [0.15, 0.2) is 5.78 Å². The molecule has 0 radical (unpaired) electrons. The number of benzene rings is 2. The second-order valence-corrected chi connectivity index (χ2v) is 5.74. The van der Waals surface area contributed by atoms with Crippen molar-refractivity contribution in [1.82, 2.24) is 4.98 Å². The van der Waals surface area contributed by atoms with Gasteiger partial charge in [-0.1, -0.05) is 6.07 Å². The molecule has 0 spiro atoms. The van der Waals surface area contributed by atoms with Gasteiger partial charge in [-0.15, -0.1) is 0 Å². The molecule has 2 aromatic carbocycles. The molecule has 27 heavy (non-hydrogen) atoms. The summed E-state index contributed by atoms with van der Waals surface area (Å²) in [6.45, 7) is 1.46. The van der Waals surface area contributed by atoms with E-state index in [0.717, 1.165) is 12.1 Å². The molecule has 7 heteroatoms. The maximum atomic E-state index is 13.7. The number of carbonyl (C=O) groups excluding carboxylic acids is 2. The second-order valence-electron chi connectivity index (χ2n) is 5.74. The molecule has 0 unspecified atom stereocenters. The van der Waals surface area contributed by atoms with Gasteiger partial charge in [-0.25, -0.2) is 13.8 Å². The number of para-hydroxylation sites is 1. The third kappa shape index (κ3) is 4.33. The number of ketones is 1. The maximum Gasteiger partial charge on any atom is 0.255 e. The largest absolute Gasteiger partial charge is 0.335 e. The van der Waals surface area contributed by atoms with Crippen LogP contribution in [0, 0.1) is 11.6 Å². The Kier molecular flexibility index (Phi) is 5.21. The Labute approximate surface area is 154 Å². The summed E-state index contributed by atoms with van der Waals surface area (Å²) >= 11 is 0. The van der Waals surface area contributed by atoms with Crippen LogP contribution in [-0.2, 0) is 0 Å².